The molecule has 6 atom stereocenters. The van der Waals surface area contributed by atoms with Crippen LogP contribution in [0.5, 0.6) is 0 Å². The highest BCUT2D eigenvalue weighted by atomic mass is 16.2. The molecule has 1 saturated heterocycles. The summed E-state index contributed by atoms with van der Waals surface area (Å²) in [5, 5.41) is 9.49. The van der Waals surface area contributed by atoms with Crippen LogP contribution in [-0.2, 0) is 9.59 Å². The van der Waals surface area contributed by atoms with Gasteiger partial charge in [0.25, 0.3) is 0 Å². The SMILES string of the molecule is O=C(NC1C[C@@H]1c1cccnc1)[C@@H]1CNC[C@H]1C(=O)N[C@H]1C[C@@H]1c1cccnc1. The van der Waals surface area contributed by atoms with Crippen LogP contribution < -0.4 is 16.0 Å². The number of hydrogen-bond donors (Lipinski definition) is 3. The number of aromatic nitrogens is 2. The Kier molecular flexibility index (Phi) is 4.75. The predicted octanol–water partition coefficient (Wildman–Crippen LogP) is 0.957. The highest BCUT2D eigenvalue weighted by Gasteiger charge is 2.46. The van der Waals surface area contributed by atoms with E-state index in [1.165, 1.54) is 0 Å². The Morgan fingerprint density at radius 3 is 1.72 bits per heavy atom. The molecule has 7 nitrogen and oxygen atoms in total. The third-order valence-electron chi connectivity index (χ3n) is 6.35. The Bertz CT molecular complexity index is 817. The summed E-state index contributed by atoms with van der Waals surface area (Å²) in [6.45, 7) is 1.09. The minimum absolute atomic E-state index is 0.0221. The molecule has 29 heavy (non-hydrogen) atoms. The van der Waals surface area contributed by atoms with Gasteiger partial charge < -0.3 is 16.0 Å². The Labute approximate surface area is 169 Å². The summed E-state index contributed by atoms with van der Waals surface area (Å²) in [6.07, 6.45) is 9.10. The molecule has 2 aromatic heterocycles. The van der Waals surface area contributed by atoms with Crippen LogP contribution >= 0.6 is 0 Å². The molecule has 1 aliphatic heterocycles. The van der Waals surface area contributed by atoms with E-state index in [0.717, 1.165) is 24.0 Å². The summed E-state index contributed by atoms with van der Waals surface area (Å²) in [5.74, 6) is -0.0132. The van der Waals surface area contributed by atoms with E-state index in [0.29, 0.717) is 24.9 Å². The van der Waals surface area contributed by atoms with Crippen molar-refractivity contribution in [2.45, 2.75) is 36.8 Å². The van der Waals surface area contributed by atoms with Crippen molar-refractivity contribution in [1.29, 1.82) is 0 Å². The van der Waals surface area contributed by atoms with Crippen LogP contribution in [0.15, 0.2) is 49.1 Å². The summed E-state index contributed by atoms with van der Waals surface area (Å²) >= 11 is 0. The van der Waals surface area contributed by atoms with Crippen molar-refractivity contribution in [3.05, 3.63) is 60.2 Å². The van der Waals surface area contributed by atoms with Gasteiger partial charge in [-0.2, -0.15) is 0 Å². The maximum Gasteiger partial charge on any atom is 0.225 e. The zero-order valence-corrected chi connectivity index (χ0v) is 16.1. The lowest BCUT2D eigenvalue weighted by molar-refractivity contribution is -0.133. The number of rotatable bonds is 6. The molecule has 2 aromatic rings. The number of amides is 2. The summed E-state index contributed by atoms with van der Waals surface area (Å²) in [7, 11) is 0. The largest absolute Gasteiger partial charge is 0.352 e. The normalized spacial score (nSPS) is 32.4. The zero-order valence-electron chi connectivity index (χ0n) is 16.1. The fourth-order valence-corrected chi connectivity index (χ4v) is 4.45. The molecule has 0 aromatic carbocycles. The Balaban J connectivity index is 1.14. The van der Waals surface area contributed by atoms with Crippen LogP contribution in [0, 0.1) is 11.8 Å². The van der Waals surface area contributed by atoms with Gasteiger partial charge in [0.2, 0.25) is 11.8 Å². The van der Waals surface area contributed by atoms with Gasteiger partial charge in [-0.15, -0.1) is 0 Å². The molecule has 3 aliphatic rings. The molecule has 5 rings (SSSR count). The number of carbonyl (C=O) groups excluding carboxylic acids is 2. The first-order chi connectivity index (χ1) is 14.2. The van der Waals surface area contributed by atoms with Gasteiger partial charge in [0.1, 0.15) is 0 Å². The average Bonchev–Trinajstić information content (AvgIpc) is 3.65. The minimum atomic E-state index is -0.319. The second-order valence-corrected chi connectivity index (χ2v) is 8.36. The summed E-state index contributed by atoms with van der Waals surface area (Å²) < 4.78 is 0. The lowest BCUT2D eigenvalue weighted by Gasteiger charge is -2.18. The molecule has 0 radical (unpaired) electrons. The molecule has 150 valence electrons. The van der Waals surface area contributed by atoms with Gasteiger partial charge in [-0.05, 0) is 36.1 Å². The maximum absolute atomic E-state index is 12.8. The van der Waals surface area contributed by atoms with E-state index in [2.05, 4.69) is 25.9 Å². The van der Waals surface area contributed by atoms with Gasteiger partial charge in [0.15, 0.2) is 0 Å². The Morgan fingerprint density at radius 1 is 0.828 bits per heavy atom. The molecule has 0 bridgehead atoms. The van der Waals surface area contributed by atoms with Crippen molar-refractivity contribution < 1.29 is 9.59 Å². The van der Waals surface area contributed by atoms with Crippen molar-refractivity contribution in [2.75, 3.05) is 13.1 Å². The molecule has 3 N–H and O–H groups in total. The van der Waals surface area contributed by atoms with E-state index in [1.807, 2.05) is 36.7 Å². The number of nitrogens with zero attached hydrogens (tertiary/aromatic N) is 2. The molecule has 1 unspecified atom stereocenters. The van der Waals surface area contributed by atoms with Gasteiger partial charge in [-0.25, -0.2) is 0 Å². The fourth-order valence-electron chi connectivity index (χ4n) is 4.45. The summed E-state index contributed by atoms with van der Waals surface area (Å²) in [5.41, 5.74) is 2.32. The van der Waals surface area contributed by atoms with Crippen LogP contribution in [-0.4, -0.2) is 47.0 Å². The smallest absolute Gasteiger partial charge is 0.225 e. The number of hydrogen-bond acceptors (Lipinski definition) is 5. The quantitative estimate of drug-likeness (QED) is 0.682. The van der Waals surface area contributed by atoms with Gasteiger partial charge in [-0.1, -0.05) is 12.1 Å². The van der Waals surface area contributed by atoms with Crippen molar-refractivity contribution in [3.63, 3.8) is 0 Å². The molecule has 7 heteroatoms. The highest BCUT2D eigenvalue weighted by molar-refractivity contribution is 5.89. The fraction of sp³-hybridized carbons (Fsp3) is 0.455. The van der Waals surface area contributed by atoms with E-state index in [-0.39, 0.29) is 35.7 Å². The summed E-state index contributed by atoms with van der Waals surface area (Å²) in [4.78, 5) is 33.9. The topological polar surface area (TPSA) is 96.0 Å². The number of carbonyl (C=O) groups is 2. The molecule has 2 saturated carbocycles. The van der Waals surface area contributed by atoms with Crippen molar-refractivity contribution in [3.8, 4) is 0 Å². The van der Waals surface area contributed by atoms with E-state index < -0.39 is 0 Å². The van der Waals surface area contributed by atoms with Crippen molar-refractivity contribution in [1.82, 2.24) is 25.9 Å². The van der Waals surface area contributed by atoms with Crippen molar-refractivity contribution >= 4 is 11.8 Å². The van der Waals surface area contributed by atoms with Crippen LogP contribution in [0.25, 0.3) is 0 Å². The van der Waals surface area contributed by atoms with Gasteiger partial charge in [0.05, 0.1) is 11.8 Å². The maximum atomic E-state index is 12.8. The predicted molar refractivity (Wildman–Crippen MR) is 107 cm³/mol. The van der Waals surface area contributed by atoms with Gasteiger partial charge >= 0.3 is 0 Å². The highest BCUT2D eigenvalue weighted by Crippen LogP contribution is 2.41. The first kappa shape index (κ1) is 18.2. The monoisotopic (exact) mass is 391 g/mol. The molecular formula is C22H25N5O2. The van der Waals surface area contributed by atoms with Crippen LogP contribution in [0.2, 0.25) is 0 Å². The Morgan fingerprint density at radius 2 is 1.31 bits per heavy atom. The van der Waals surface area contributed by atoms with Crippen molar-refractivity contribution in [2.24, 2.45) is 11.8 Å². The lowest BCUT2D eigenvalue weighted by atomic mass is 9.94. The Hall–Kier alpha value is -2.80. The van der Waals surface area contributed by atoms with E-state index in [1.54, 1.807) is 12.4 Å². The van der Waals surface area contributed by atoms with Gasteiger partial charge in [-0.3, -0.25) is 19.6 Å². The molecule has 3 heterocycles. The van der Waals surface area contributed by atoms with Gasteiger partial charge in [0, 0.05) is 61.8 Å². The first-order valence-electron chi connectivity index (χ1n) is 10.3. The number of pyridine rings is 2. The lowest BCUT2D eigenvalue weighted by Crippen LogP contribution is -2.43. The zero-order chi connectivity index (χ0) is 19.8. The molecule has 2 amide bonds. The summed E-state index contributed by atoms with van der Waals surface area (Å²) in [6, 6.07) is 8.23. The minimum Gasteiger partial charge on any atom is -0.352 e. The molecule has 0 spiro atoms. The number of nitrogens with one attached hydrogen (secondary N) is 3. The van der Waals surface area contributed by atoms with Crippen LogP contribution in [0.4, 0.5) is 0 Å². The van der Waals surface area contributed by atoms with Crippen LogP contribution in [0.3, 0.4) is 0 Å². The van der Waals surface area contributed by atoms with E-state index in [9.17, 15) is 9.59 Å². The third kappa shape index (κ3) is 3.87. The third-order valence-corrected chi connectivity index (χ3v) is 6.35. The van der Waals surface area contributed by atoms with Crippen LogP contribution in [0.1, 0.15) is 35.8 Å². The standard InChI is InChI=1S/C22H25N5O2/c28-21(26-19-7-15(19)13-3-1-5-23-9-13)17-11-25-12-18(17)22(29)27-20-8-16(20)14-4-2-6-24-10-14/h1-6,9-10,15-20,25H,7-8,11-12H2,(H,26,28)(H,27,29)/t15-,16-,17-,18-,19+,20?/m1/s1. The second kappa shape index (κ2) is 7.55. The van der Waals surface area contributed by atoms with E-state index in [4.69, 9.17) is 0 Å². The first-order valence-corrected chi connectivity index (χ1v) is 10.3. The van der Waals surface area contributed by atoms with E-state index >= 15 is 0 Å². The average molecular weight is 391 g/mol. The molecule has 3 fully saturated rings. The molecular weight excluding hydrogens is 366 g/mol. The molecule has 2 aliphatic carbocycles. The second-order valence-electron chi connectivity index (χ2n) is 8.36.